The fourth-order valence-electron chi connectivity index (χ4n) is 1.71. The van der Waals surface area contributed by atoms with Gasteiger partial charge in [-0.05, 0) is 44.4 Å². The summed E-state index contributed by atoms with van der Waals surface area (Å²) < 4.78 is 26.9. The Labute approximate surface area is 127 Å². The van der Waals surface area contributed by atoms with Gasteiger partial charge in [-0.25, -0.2) is 13.1 Å². The molecule has 0 aromatic heterocycles. The van der Waals surface area contributed by atoms with Gasteiger partial charge in [-0.15, -0.1) is 0 Å². The molecule has 0 aliphatic carbocycles. The zero-order chi connectivity index (χ0) is 16.2. The summed E-state index contributed by atoms with van der Waals surface area (Å²) in [5.74, 6) is -0.0441. The van der Waals surface area contributed by atoms with Gasteiger partial charge < -0.3 is 5.32 Å². The first-order valence-corrected chi connectivity index (χ1v) is 8.53. The Bertz CT molecular complexity index is 607. The van der Waals surface area contributed by atoms with E-state index in [1.165, 1.54) is 12.1 Å². The van der Waals surface area contributed by atoms with Crippen LogP contribution < -0.4 is 10.0 Å². The molecule has 0 unspecified atom stereocenters. The molecule has 21 heavy (non-hydrogen) atoms. The highest BCUT2D eigenvalue weighted by Crippen LogP contribution is 2.16. The van der Waals surface area contributed by atoms with Crippen molar-refractivity contribution in [2.24, 2.45) is 5.92 Å². The Morgan fingerprint density at radius 3 is 2.33 bits per heavy atom. The molecule has 0 spiro atoms. The van der Waals surface area contributed by atoms with Gasteiger partial charge in [0.25, 0.3) is 5.91 Å². The van der Waals surface area contributed by atoms with Crippen molar-refractivity contribution in [2.45, 2.75) is 45.6 Å². The molecule has 0 aliphatic rings. The van der Waals surface area contributed by atoms with E-state index in [0.29, 0.717) is 12.1 Å². The van der Waals surface area contributed by atoms with E-state index in [4.69, 9.17) is 0 Å². The molecule has 1 amide bonds. The number of benzene rings is 1. The summed E-state index contributed by atoms with van der Waals surface area (Å²) in [5.41, 5.74) is 1.13. The Morgan fingerprint density at radius 1 is 1.19 bits per heavy atom. The van der Waals surface area contributed by atoms with Crippen molar-refractivity contribution in [3.63, 3.8) is 0 Å². The fourth-order valence-corrected chi connectivity index (χ4v) is 2.95. The molecule has 0 saturated heterocycles. The lowest BCUT2D eigenvalue weighted by molar-refractivity contribution is 0.0942. The Hall–Kier alpha value is -1.40. The summed E-state index contributed by atoms with van der Waals surface area (Å²) in [7, 11) is -3.59. The number of carbonyl (C=O) groups is 1. The largest absolute Gasteiger partial charge is 0.350 e. The van der Waals surface area contributed by atoms with Crippen molar-refractivity contribution in [1.29, 1.82) is 0 Å². The van der Waals surface area contributed by atoms with Crippen molar-refractivity contribution in [3.05, 3.63) is 29.3 Å². The topological polar surface area (TPSA) is 75.3 Å². The van der Waals surface area contributed by atoms with E-state index < -0.39 is 10.0 Å². The third-order valence-electron chi connectivity index (χ3n) is 2.87. The summed E-state index contributed by atoms with van der Waals surface area (Å²) >= 11 is 0. The zero-order valence-electron chi connectivity index (χ0n) is 13.2. The van der Waals surface area contributed by atoms with Crippen LogP contribution in [0.4, 0.5) is 0 Å². The van der Waals surface area contributed by atoms with Crippen LogP contribution in [0.25, 0.3) is 0 Å². The molecule has 0 aliphatic heterocycles. The van der Waals surface area contributed by atoms with E-state index in [9.17, 15) is 13.2 Å². The average Bonchev–Trinajstić information content (AvgIpc) is 2.35. The second kappa shape index (κ2) is 7.04. The Kier molecular flexibility index (Phi) is 5.92. The van der Waals surface area contributed by atoms with Crippen LogP contribution in [0.3, 0.4) is 0 Å². The maximum absolute atomic E-state index is 12.2. The van der Waals surface area contributed by atoms with Gasteiger partial charge in [0.05, 0.1) is 4.90 Å². The van der Waals surface area contributed by atoms with Crippen LogP contribution in [0.15, 0.2) is 23.1 Å². The molecular formula is C15H24N2O3S. The van der Waals surface area contributed by atoms with Crippen LogP contribution in [0.1, 0.15) is 43.6 Å². The molecule has 1 rings (SSSR count). The van der Waals surface area contributed by atoms with Gasteiger partial charge >= 0.3 is 0 Å². The molecule has 118 valence electrons. The van der Waals surface area contributed by atoms with E-state index in [1.807, 2.05) is 27.7 Å². The molecule has 5 nitrogen and oxygen atoms in total. The predicted octanol–water partition coefficient (Wildman–Crippen LogP) is 2.07. The SMILES string of the molecule is Cc1ccc(S(=O)(=O)NCC(C)C)cc1C(=O)NC(C)C. The molecule has 1 aromatic rings. The summed E-state index contributed by atoms with van der Waals surface area (Å²) in [4.78, 5) is 12.2. The molecule has 0 radical (unpaired) electrons. The average molecular weight is 312 g/mol. The Morgan fingerprint density at radius 2 is 1.81 bits per heavy atom. The minimum absolute atomic E-state index is 0.00349. The number of aryl methyl sites for hydroxylation is 1. The van der Waals surface area contributed by atoms with Gasteiger partial charge in [0, 0.05) is 18.2 Å². The summed E-state index contributed by atoms with van der Waals surface area (Å²) in [6, 6.07) is 4.59. The van der Waals surface area contributed by atoms with Gasteiger partial charge in [-0.3, -0.25) is 4.79 Å². The number of nitrogens with one attached hydrogen (secondary N) is 2. The van der Waals surface area contributed by atoms with Gasteiger partial charge in [0.1, 0.15) is 0 Å². The van der Waals surface area contributed by atoms with Crippen LogP contribution in [-0.4, -0.2) is 26.9 Å². The van der Waals surface area contributed by atoms with Crippen LogP contribution in [-0.2, 0) is 10.0 Å². The lowest BCUT2D eigenvalue weighted by Crippen LogP contribution is -2.31. The molecule has 0 saturated carbocycles. The van der Waals surface area contributed by atoms with E-state index in [-0.39, 0.29) is 22.8 Å². The molecular weight excluding hydrogens is 288 g/mol. The molecule has 0 fully saturated rings. The van der Waals surface area contributed by atoms with E-state index in [0.717, 1.165) is 5.56 Å². The molecule has 0 bridgehead atoms. The standard InChI is InChI=1S/C15H24N2O3S/c1-10(2)9-16-21(19,20)13-7-6-12(5)14(8-13)15(18)17-11(3)4/h6-8,10-11,16H,9H2,1-5H3,(H,17,18). The van der Waals surface area contributed by atoms with Gasteiger partial charge in [0.15, 0.2) is 0 Å². The highest BCUT2D eigenvalue weighted by atomic mass is 32.2. The third-order valence-corrected chi connectivity index (χ3v) is 4.29. The highest BCUT2D eigenvalue weighted by molar-refractivity contribution is 7.89. The lowest BCUT2D eigenvalue weighted by Gasteiger charge is -2.13. The Balaban J connectivity index is 3.09. The van der Waals surface area contributed by atoms with Crippen molar-refractivity contribution in [3.8, 4) is 0 Å². The van der Waals surface area contributed by atoms with Crippen molar-refractivity contribution >= 4 is 15.9 Å². The highest BCUT2D eigenvalue weighted by Gasteiger charge is 2.18. The summed E-state index contributed by atoms with van der Waals surface area (Å²) in [5, 5.41) is 2.77. The maximum Gasteiger partial charge on any atom is 0.251 e. The number of hydrogen-bond donors (Lipinski definition) is 2. The van der Waals surface area contributed by atoms with Gasteiger partial charge in [0.2, 0.25) is 10.0 Å². The van der Waals surface area contributed by atoms with Crippen LogP contribution in [0.5, 0.6) is 0 Å². The molecule has 0 heterocycles. The van der Waals surface area contributed by atoms with Gasteiger partial charge in [-0.2, -0.15) is 0 Å². The first-order chi connectivity index (χ1) is 9.63. The monoisotopic (exact) mass is 312 g/mol. The van der Waals surface area contributed by atoms with Gasteiger partial charge in [-0.1, -0.05) is 19.9 Å². The van der Waals surface area contributed by atoms with Crippen LogP contribution in [0, 0.1) is 12.8 Å². The quantitative estimate of drug-likeness (QED) is 0.844. The molecule has 6 heteroatoms. The molecule has 1 aromatic carbocycles. The number of carbonyl (C=O) groups excluding carboxylic acids is 1. The number of amides is 1. The van der Waals surface area contributed by atoms with Crippen molar-refractivity contribution in [1.82, 2.24) is 10.0 Å². The third kappa shape index (κ3) is 5.13. The van der Waals surface area contributed by atoms with Crippen LogP contribution in [0.2, 0.25) is 0 Å². The predicted molar refractivity (Wildman–Crippen MR) is 83.8 cm³/mol. The summed E-state index contributed by atoms with van der Waals surface area (Å²) in [6.45, 7) is 9.73. The van der Waals surface area contributed by atoms with E-state index in [2.05, 4.69) is 10.0 Å². The molecule has 0 atom stereocenters. The van der Waals surface area contributed by atoms with E-state index >= 15 is 0 Å². The first kappa shape index (κ1) is 17.7. The number of hydrogen-bond acceptors (Lipinski definition) is 3. The number of rotatable bonds is 6. The summed E-state index contributed by atoms with van der Waals surface area (Å²) in [6.07, 6.45) is 0. The zero-order valence-corrected chi connectivity index (χ0v) is 14.0. The maximum atomic E-state index is 12.2. The van der Waals surface area contributed by atoms with Crippen molar-refractivity contribution in [2.75, 3.05) is 6.54 Å². The normalized spacial score (nSPS) is 12.0. The number of sulfonamides is 1. The van der Waals surface area contributed by atoms with Crippen molar-refractivity contribution < 1.29 is 13.2 Å². The second-order valence-electron chi connectivity index (χ2n) is 5.85. The second-order valence-corrected chi connectivity index (χ2v) is 7.62. The fraction of sp³-hybridized carbons (Fsp3) is 0.533. The minimum atomic E-state index is -3.59. The molecule has 2 N–H and O–H groups in total. The first-order valence-electron chi connectivity index (χ1n) is 7.04. The van der Waals surface area contributed by atoms with Crippen LogP contribution >= 0.6 is 0 Å². The lowest BCUT2D eigenvalue weighted by atomic mass is 10.1. The van der Waals surface area contributed by atoms with E-state index in [1.54, 1.807) is 13.0 Å². The minimum Gasteiger partial charge on any atom is -0.350 e. The smallest absolute Gasteiger partial charge is 0.251 e.